The second kappa shape index (κ2) is 10.3. The molecule has 0 aromatic heterocycles. The number of amides is 2. The second-order valence-electron chi connectivity index (χ2n) is 5.90. The molecule has 0 heterocycles. The molecule has 0 aliphatic heterocycles. The predicted octanol–water partition coefficient (Wildman–Crippen LogP) is 0.941. The topological polar surface area (TPSA) is 119 Å². The van der Waals surface area contributed by atoms with Gasteiger partial charge in [-0.15, -0.1) is 0 Å². The minimum absolute atomic E-state index is 0.132. The summed E-state index contributed by atoms with van der Waals surface area (Å²) in [5.41, 5.74) is 0.132. The van der Waals surface area contributed by atoms with Gasteiger partial charge >= 0.3 is 5.97 Å². The van der Waals surface area contributed by atoms with Crippen molar-refractivity contribution >= 4 is 39.2 Å². The van der Waals surface area contributed by atoms with Crippen molar-refractivity contribution < 1.29 is 27.5 Å². The first kappa shape index (κ1) is 22.9. The SMILES string of the molecule is CCNC(=O)[C@H](C)OC(=O)[C@H](CCS(C)(=O)=O)NC(=O)c1ccccc1Cl. The van der Waals surface area contributed by atoms with E-state index in [-0.39, 0.29) is 22.8 Å². The molecule has 1 aromatic carbocycles. The fourth-order valence-corrected chi connectivity index (χ4v) is 2.98. The number of likely N-dealkylation sites (N-methyl/N-ethyl adjacent to an activating group) is 1. The quantitative estimate of drug-likeness (QED) is 0.576. The molecule has 0 aliphatic carbocycles. The van der Waals surface area contributed by atoms with Gasteiger partial charge in [-0.25, -0.2) is 13.2 Å². The van der Waals surface area contributed by atoms with Crippen LogP contribution in [0.2, 0.25) is 5.02 Å². The first-order valence-corrected chi connectivity index (χ1v) is 10.7. The highest BCUT2D eigenvalue weighted by molar-refractivity contribution is 7.90. The largest absolute Gasteiger partial charge is 0.451 e. The van der Waals surface area contributed by atoms with Crippen molar-refractivity contribution in [1.82, 2.24) is 10.6 Å². The van der Waals surface area contributed by atoms with Gasteiger partial charge in [0.1, 0.15) is 15.9 Å². The second-order valence-corrected chi connectivity index (χ2v) is 8.57. The summed E-state index contributed by atoms with van der Waals surface area (Å²) in [5.74, 6) is -2.39. The summed E-state index contributed by atoms with van der Waals surface area (Å²) in [6.07, 6.45) is -0.270. The number of benzene rings is 1. The van der Waals surface area contributed by atoms with E-state index >= 15 is 0 Å². The number of carbonyl (C=O) groups excluding carboxylic acids is 3. The van der Waals surface area contributed by atoms with Crippen LogP contribution in [0.3, 0.4) is 0 Å². The maximum absolute atomic E-state index is 12.4. The van der Waals surface area contributed by atoms with Gasteiger partial charge in [0, 0.05) is 12.8 Å². The minimum Gasteiger partial charge on any atom is -0.451 e. The molecule has 150 valence electrons. The standard InChI is InChI=1S/C17H23ClN2O6S/c1-4-19-15(21)11(2)26-17(23)14(9-10-27(3,24)25)20-16(22)12-7-5-6-8-13(12)18/h5-8,11,14H,4,9-10H2,1-3H3,(H,19,21)(H,20,22)/t11-,14-/m0/s1. The molecule has 2 amide bonds. The number of ether oxygens (including phenoxy) is 1. The third kappa shape index (κ3) is 7.96. The van der Waals surface area contributed by atoms with Crippen LogP contribution in [0.25, 0.3) is 0 Å². The van der Waals surface area contributed by atoms with Gasteiger partial charge in [0.05, 0.1) is 16.3 Å². The number of carbonyl (C=O) groups is 3. The van der Waals surface area contributed by atoms with Crippen LogP contribution in [-0.2, 0) is 24.2 Å². The Morgan fingerprint density at radius 1 is 1.22 bits per heavy atom. The number of hydrogen-bond donors (Lipinski definition) is 2. The van der Waals surface area contributed by atoms with E-state index in [0.717, 1.165) is 6.26 Å². The fraction of sp³-hybridized carbons (Fsp3) is 0.471. The molecular weight excluding hydrogens is 396 g/mol. The van der Waals surface area contributed by atoms with Gasteiger partial charge in [-0.2, -0.15) is 0 Å². The zero-order valence-corrected chi connectivity index (χ0v) is 16.9. The van der Waals surface area contributed by atoms with Gasteiger partial charge in [0.25, 0.3) is 11.8 Å². The highest BCUT2D eigenvalue weighted by Gasteiger charge is 2.28. The molecule has 2 N–H and O–H groups in total. The maximum Gasteiger partial charge on any atom is 0.329 e. The predicted molar refractivity (Wildman–Crippen MR) is 101 cm³/mol. The Kier molecular flexibility index (Phi) is 8.71. The van der Waals surface area contributed by atoms with Crippen LogP contribution < -0.4 is 10.6 Å². The van der Waals surface area contributed by atoms with E-state index in [9.17, 15) is 22.8 Å². The lowest BCUT2D eigenvalue weighted by molar-refractivity contribution is -0.156. The average molecular weight is 419 g/mol. The monoisotopic (exact) mass is 418 g/mol. The highest BCUT2D eigenvalue weighted by Crippen LogP contribution is 2.15. The molecule has 1 aromatic rings. The Morgan fingerprint density at radius 3 is 2.41 bits per heavy atom. The van der Waals surface area contributed by atoms with Gasteiger partial charge in [0.2, 0.25) is 0 Å². The van der Waals surface area contributed by atoms with Crippen LogP contribution in [-0.4, -0.2) is 56.9 Å². The molecule has 0 bridgehead atoms. The normalized spacial score (nSPS) is 13.3. The molecule has 2 atom stereocenters. The molecule has 0 unspecified atom stereocenters. The van der Waals surface area contributed by atoms with Gasteiger partial charge < -0.3 is 15.4 Å². The van der Waals surface area contributed by atoms with E-state index in [1.165, 1.54) is 19.1 Å². The molecular formula is C17H23ClN2O6S. The molecule has 0 spiro atoms. The molecule has 0 fully saturated rings. The summed E-state index contributed by atoms with van der Waals surface area (Å²) < 4.78 is 27.9. The van der Waals surface area contributed by atoms with E-state index in [4.69, 9.17) is 16.3 Å². The van der Waals surface area contributed by atoms with Gasteiger partial charge in [-0.1, -0.05) is 23.7 Å². The Balaban J connectivity index is 2.92. The molecule has 0 radical (unpaired) electrons. The summed E-state index contributed by atoms with van der Waals surface area (Å²) in [7, 11) is -3.38. The third-order valence-electron chi connectivity index (χ3n) is 3.50. The van der Waals surface area contributed by atoms with Crippen LogP contribution in [0.4, 0.5) is 0 Å². The Morgan fingerprint density at radius 2 is 1.85 bits per heavy atom. The van der Waals surface area contributed by atoms with Crippen molar-refractivity contribution in [1.29, 1.82) is 0 Å². The van der Waals surface area contributed by atoms with Crippen LogP contribution in [0.5, 0.6) is 0 Å². The molecule has 0 aliphatic rings. The van der Waals surface area contributed by atoms with Crippen LogP contribution in [0.15, 0.2) is 24.3 Å². The Labute approximate surface area is 163 Å². The van der Waals surface area contributed by atoms with Crippen LogP contribution in [0, 0.1) is 0 Å². The average Bonchev–Trinajstić information content (AvgIpc) is 2.57. The number of nitrogens with one attached hydrogen (secondary N) is 2. The number of rotatable bonds is 9. The van der Waals surface area contributed by atoms with Gasteiger partial charge in [-0.05, 0) is 32.4 Å². The lowest BCUT2D eigenvalue weighted by Crippen LogP contribution is -2.46. The minimum atomic E-state index is -3.38. The van der Waals surface area contributed by atoms with Crippen molar-refractivity contribution in [3.8, 4) is 0 Å². The number of sulfone groups is 1. The number of halogens is 1. The zero-order chi connectivity index (χ0) is 20.6. The van der Waals surface area contributed by atoms with Crippen molar-refractivity contribution in [2.24, 2.45) is 0 Å². The molecule has 27 heavy (non-hydrogen) atoms. The smallest absolute Gasteiger partial charge is 0.329 e. The Hall–Kier alpha value is -2.13. The van der Waals surface area contributed by atoms with E-state index in [2.05, 4.69) is 10.6 Å². The summed E-state index contributed by atoms with van der Waals surface area (Å²) >= 11 is 5.97. The third-order valence-corrected chi connectivity index (χ3v) is 4.81. The Bertz CT molecular complexity index is 796. The lowest BCUT2D eigenvalue weighted by Gasteiger charge is -2.20. The summed E-state index contributed by atoms with van der Waals surface area (Å²) in [6.45, 7) is 3.46. The molecule has 1 rings (SSSR count). The van der Waals surface area contributed by atoms with Crippen molar-refractivity contribution in [3.05, 3.63) is 34.9 Å². The maximum atomic E-state index is 12.4. The zero-order valence-electron chi connectivity index (χ0n) is 15.3. The molecule has 10 heteroatoms. The van der Waals surface area contributed by atoms with Crippen molar-refractivity contribution in [2.75, 3.05) is 18.6 Å². The van der Waals surface area contributed by atoms with Gasteiger partial charge in [-0.3, -0.25) is 9.59 Å². The molecule has 0 saturated carbocycles. The van der Waals surface area contributed by atoms with E-state index < -0.39 is 39.8 Å². The van der Waals surface area contributed by atoms with Crippen LogP contribution >= 0.6 is 11.6 Å². The summed E-state index contributed by atoms with van der Waals surface area (Å²) in [6, 6.07) is 4.97. The first-order valence-electron chi connectivity index (χ1n) is 8.26. The number of hydrogen-bond acceptors (Lipinski definition) is 6. The van der Waals surface area contributed by atoms with E-state index in [0.29, 0.717) is 6.54 Å². The molecule has 0 saturated heterocycles. The summed E-state index contributed by atoms with van der Waals surface area (Å²) in [4.78, 5) is 36.5. The van der Waals surface area contributed by atoms with Crippen LogP contribution in [0.1, 0.15) is 30.6 Å². The summed E-state index contributed by atoms with van der Waals surface area (Å²) in [5, 5.41) is 5.11. The number of esters is 1. The fourth-order valence-electron chi connectivity index (χ4n) is 2.09. The lowest BCUT2D eigenvalue weighted by atomic mass is 10.1. The molecule has 8 nitrogen and oxygen atoms in total. The van der Waals surface area contributed by atoms with Crippen molar-refractivity contribution in [2.45, 2.75) is 32.4 Å². The highest BCUT2D eigenvalue weighted by atomic mass is 35.5. The van der Waals surface area contributed by atoms with Crippen molar-refractivity contribution in [3.63, 3.8) is 0 Å². The van der Waals surface area contributed by atoms with Gasteiger partial charge in [0.15, 0.2) is 6.10 Å². The van der Waals surface area contributed by atoms with E-state index in [1.807, 2.05) is 0 Å². The first-order chi connectivity index (χ1) is 12.5. The van der Waals surface area contributed by atoms with E-state index in [1.54, 1.807) is 19.1 Å².